The van der Waals surface area contributed by atoms with Crippen LogP contribution in [0.5, 0.6) is 5.75 Å². The molecule has 2 N–H and O–H groups in total. The minimum absolute atomic E-state index is 0.488. The van der Waals surface area contributed by atoms with E-state index in [2.05, 4.69) is 4.74 Å². The Morgan fingerprint density at radius 3 is 2.29 bits per heavy atom. The van der Waals surface area contributed by atoms with Gasteiger partial charge in [-0.05, 0) is 19.1 Å². The highest BCUT2D eigenvalue weighted by Crippen LogP contribution is 2.34. The summed E-state index contributed by atoms with van der Waals surface area (Å²) in [5.74, 6) is -1.23. The predicted octanol–water partition coefficient (Wildman–Crippen LogP) is 3.01. The van der Waals surface area contributed by atoms with E-state index in [9.17, 15) is 22.4 Å². The predicted molar refractivity (Wildman–Crippen MR) is 52.4 cm³/mol. The standard InChI is InChI=1S/C10H9F4NO2/c1-4(16)7-5(9(11)12)2-3-6(8(7)15)17-10(13)14/h2-3,9-10H,15H2,1H3. The van der Waals surface area contributed by atoms with Gasteiger partial charge in [-0.2, -0.15) is 8.78 Å². The normalized spacial score (nSPS) is 11.0. The molecule has 3 nitrogen and oxygen atoms in total. The molecule has 0 amide bonds. The first-order valence-corrected chi connectivity index (χ1v) is 4.50. The minimum atomic E-state index is -3.14. The molecule has 0 fully saturated rings. The molecule has 0 aromatic heterocycles. The number of carbonyl (C=O) groups excluding carboxylic acids is 1. The van der Waals surface area contributed by atoms with Gasteiger partial charge in [0.15, 0.2) is 5.78 Å². The molecule has 0 bridgehead atoms. The largest absolute Gasteiger partial charge is 0.433 e. The van der Waals surface area contributed by atoms with Gasteiger partial charge in [0.25, 0.3) is 6.43 Å². The fourth-order valence-electron chi connectivity index (χ4n) is 1.39. The van der Waals surface area contributed by atoms with Crippen molar-refractivity contribution in [2.45, 2.75) is 20.0 Å². The van der Waals surface area contributed by atoms with Crippen molar-refractivity contribution in [3.8, 4) is 5.75 Å². The summed E-state index contributed by atoms with van der Waals surface area (Å²) in [5, 5.41) is 0. The van der Waals surface area contributed by atoms with Gasteiger partial charge < -0.3 is 10.5 Å². The van der Waals surface area contributed by atoms with Gasteiger partial charge in [-0.1, -0.05) is 0 Å². The average Bonchev–Trinajstić information content (AvgIpc) is 2.19. The summed E-state index contributed by atoms with van der Waals surface area (Å²) in [6.07, 6.45) is -2.92. The van der Waals surface area contributed by atoms with Crippen molar-refractivity contribution in [2.75, 3.05) is 5.73 Å². The molecule has 0 spiro atoms. The number of nitrogens with two attached hydrogens (primary N) is 1. The van der Waals surface area contributed by atoms with Crippen LogP contribution in [0.4, 0.5) is 23.2 Å². The van der Waals surface area contributed by atoms with Crippen LogP contribution in [0.1, 0.15) is 29.3 Å². The maximum atomic E-state index is 12.6. The molecule has 0 aliphatic rings. The highest BCUT2D eigenvalue weighted by Gasteiger charge is 2.22. The SMILES string of the molecule is CC(=O)c1c(C(F)F)ccc(OC(F)F)c1N. The van der Waals surface area contributed by atoms with Crippen LogP contribution in [0.25, 0.3) is 0 Å². The third-order valence-corrected chi connectivity index (χ3v) is 2.04. The molecule has 0 aliphatic carbocycles. The minimum Gasteiger partial charge on any atom is -0.433 e. The summed E-state index contributed by atoms with van der Waals surface area (Å²) < 4.78 is 53.1. The number of alkyl halides is 4. The quantitative estimate of drug-likeness (QED) is 0.508. The molecule has 0 saturated carbocycles. The topological polar surface area (TPSA) is 52.3 Å². The second-order valence-corrected chi connectivity index (χ2v) is 3.18. The van der Waals surface area contributed by atoms with Crippen LogP contribution in [0.15, 0.2) is 12.1 Å². The van der Waals surface area contributed by atoms with Gasteiger partial charge in [0.1, 0.15) is 5.75 Å². The van der Waals surface area contributed by atoms with E-state index >= 15 is 0 Å². The molecule has 1 rings (SSSR count). The maximum absolute atomic E-state index is 12.6. The van der Waals surface area contributed by atoms with Gasteiger partial charge in [-0.25, -0.2) is 8.78 Å². The second-order valence-electron chi connectivity index (χ2n) is 3.18. The Balaban J connectivity index is 3.33. The van der Waals surface area contributed by atoms with Crippen LogP contribution in [-0.2, 0) is 0 Å². The number of hydrogen-bond acceptors (Lipinski definition) is 3. The molecule has 1 aromatic carbocycles. The summed E-state index contributed by atoms with van der Waals surface area (Å²) in [7, 11) is 0. The molecule has 0 heterocycles. The van der Waals surface area contributed by atoms with E-state index in [-0.39, 0.29) is 0 Å². The molecule has 0 atom stereocenters. The van der Waals surface area contributed by atoms with E-state index < -0.39 is 41.4 Å². The third kappa shape index (κ3) is 2.86. The lowest BCUT2D eigenvalue weighted by Gasteiger charge is -2.13. The monoisotopic (exact) mass is 251 g/mol. The molecule has 17 heavy (non-hydrogen) atoms. The molecule has 94 valence electrons. The highest BCUT2D eigenvalue weighted by molar-refractivity contribution is 6.01. The van der Waals surface area contributed by atoms with Crippen LogP contribution in [0.2, 0.25) is 0 Å². The zero-order valence-corrected chi connectivity index (χ0v) is 8.72. The van der Waals surface area contributed by atoms with Crippen molar-refractivity contribution in [3.05, 3.63) is 23.3 Å². The molecule has 0 radical (unpaired) electrons. The molecule has 1 aromatic rings. The van der Waals surface area contributed by atoms with Crippen molar-refractivity contribution in [2.24, 2.45) is 0 Å². The first-order valence-electron chi connectivity index (χ1n) is 4.50. The van der Waals surface area contributed by atoms with Gasteiger partial charge in [-0.15, -0.1) is 0 Å². The number of rotatable bonds is 4. The van der Waals surface area contributed by atoms with E-state index in [1.54, 1.807) is 0 Å². The Hall–Kier alpha value is -1.79. The molecular weight excluding hydrogens is 242 g/mol. The van der Waals surface area contributed by atoms with Gasteiger partial charge in [0.2, 0.25) is 0 Å². The number of hydrogen-bond donors (Lipinski definition) is 1. The Morgan fingerprint density at radius 2 is 1.88 bits per heavy atom. The van der Waals surface area contributed by atoms with E-state index in [1.165, 1.54) is 0 Å². The number of Topliss-reactive ketones (excluding diaryl/α,β-unsaturated/α-hetero) is 1. The van der Waals surface area contributed by atoms with E-state index in [1.807, 2.05) is 0 Å². The number of carbonyl (C=O) groups is 1. The van der Waals surface area contributed by atoms with Crippen molar-refractivity contribution in [3.63, 3.8) is 0 Å². The van der Waals surface area contributed by atoms with Crippen molar-refractivity contribution < 1.29 is 27.1 Å². The van der Waals surface area contributed by atoms with Crippen LogP contribution < -0.4 is 10.5 Å². The number of anilines is 1. The zero-order chi connectivity index (χ0) is 13.2. The maximum Gasteiger partial charge on any atom is 0.387 e. The van der Waals surface area contributed by atoms with E-state index in [0.717, 1.165) is 19.1 Å². The van der Waals surface area contributed by atoms with Crippen molar-refractivity contribution in [1.29, 1.82) is 0 Å². The van der Waals surface area contributed by atoms with Crippen LogP contribution in [-0.4, -0.2) is 12.4 Å². The van der Waals surface area contributed by atoms with Crippen LogP contribution >= 0.6 is 0 Å². The summed E-state index contributed by atoms with van der Waals surface area (Å²) >= 11 is 0. The Labute approximate surface area is 94.2 Å². The van der Waals surface area contributed by atoms with Crippen molar-refractivity contribution in [1.82, 2.24) is 0 Å². The fraction of sp³-hybridized carbons (Fsp3) is 0.300. The summed E-state index contributed by atoms with van der Waals surface area (Å²) in [6, 6.07) is 1.73. The number of ketones is 1. The van der Waals surface area contributed by atoms with E-state index in [4.69, 9.17) is 5.73 Å². The average molecular weight is 251 g/mol. The van der Waals surface area contributed by atoms with Gasteiger partial charge in [0.05, 0.1) is 11.3 Å². The lowest BCUT2D eigenvalue weighted by molar-refractivity contribution is -0.0493. The zero-order valence-electron chi connectivity index (χ0n) is 8.72. The van der Waals surface area contributed by atoms with Crippen molar-refractivity contribution >= 4 is 11.5 Å². The number of ether oxygens (including phenoxy) is 1. The van der Waals surface area contributed by atoms with Crippen LogP contribution in [0, 0.1) is 0 Å². The first kappa shape index (κ1) is 13.3. The second kappa shape index (κ2) is 5.03. The molecule has 0 aliphatic heterocycles. The molecule has 0 unspecified atom stereocenters. The van der Waals surface area contributed by atoms with Crippen LogP contribution in [0.3, 0.4) is 0 Å². The first-order chi connectivity index (χ1) is 7.84. The summed E-state index contributed by atoms with van der Waals surface area (Å²) in [5.41, 5.74) is 3.77. The Kier molecular flexibility index (Phi) is 3.93. The number of halogens is 4. The molecular formula is C10H9F4NO2. The van der Waals surface area contributed by atoms with E-state index in [0.29, 0.717) is 0 Å². The Bertz CT molecular complexity index is 435. The van der Waals surface area contributed by atoms with Gasteiger partial charge >= 0.3 is 6.61 Å². The van der Waals surface area contributed by atoms with Gasteiger partial charge in [0, 0.05) is 5.56 Å². The lowest BCUT2D eigenvalue weighted by atomic mass is 10.0. The summed E-state index contributed by atoms with van der Waals surface area (Å²) in [4.78, 5) is 11.2. The lowest BCUT2D eigenvalue weighted by Crippen LogP contribution is -2.10. The van der Waals surface area contributed by atoms with Gasteiger partial charge in [-0.3, -0.25) is 4.79 Å². The Morgan fingerprint density at radius 1 is 1.29 bits per heavy atom. The number of benzene rings is 1. The fourth-order valence-corrected chi connectivity index (χ4v) is 1.39. The highest BCUT2D eigenvalue weighted by atomic mass is 19.3. The smallest absolute Gasteiger partial charge is 0.387 e. The third-order valence-electron chi connectivity index (χ3n) is 2.04. The molecule has 0 saturated heterocycles. The summed E-state index contributed by atoms with van der Waals surface area (Å²) in [6.45, 7) is -2.13. The molecule has 7 heteroatoms. The number of nitrogen functional groups attached to an aromatic ring is 1.